The van der Waals surface area contributed by atoms with Gasteiger partial charge in [0.25, 0.3) is 11.8 Å². The van der Waals surface area contributed by atoms with Crippen LogP contribution < -0.4 is 10.1 Å². The summed E-state index contributed by atoms with van der Waals surface area (Å²) in [6, 6.07) is 7.86. The van der Waals surface area contributed by atoms with Crippen LogP contribution >= 0.6 is 0 Å². The number of hydrogen-bond donors (Lipinski definition) is 2. The number of hydrogen-bond acceptors (Lipinski definition) is 7. The molecule has 0 saturated heterocycles. The lowest BCUT2D eigenvalue weighted by atomic mass is 9.94. The average molecular weight is 383 g/mol. The fourth-order valence-corrected chi connectivity index (χ4v) is 3.24. The molecule has 0 aliphatic carbocycles. The zero-order valence-electron chi connectivity index (χ0n) is 15.7. The predicted octanol–water partition coefficient (Wildman–Crippen LogP) is 1.73. The van der Waals surface area contributed by atoms with Crippen LogP contribution in [-0.2, 0) is 17.6 Å². The number of fused-ring (bicyclic) bond motifs is 1. The number of imidazole rings is 1. The molecule has 2 aromatic heterocycles. The average Bonchev–Trinajstić information content (AvgIpc) is 3.33. The van der Waals surface area contributed by atoms with E-state index in [1.165, 1.54) is 0 Å². The molecule has 1 atom stereocenters. The lowest BCUT2D eigenvalue weighted by Crippen LogP contribution is -2.26. The van der Waals surface area contributed by atoms with Gasteiger partial charge in [0.2, 0.25) is 0 Å². The maximum Gasteiger partial charge on any atom is 0.293 e. The van der Waals surface area contributed by atoms with E-state index in [2.05, 4.69) is 25.4 Å². The second-order valence-corrected chi connectivity index (χ2v) is 6.56. The monoisotopic (exact) mass is 383 g/mol. The van der Waals surface area contributed by atoms with Gasteiger partial charge in [-0.3, -0.25) is 4.79 Å². The van der Waals surface area contributed by atoms with Crippen LogP contribution in [0.5, 0.6) is 5.75 Å². The highest BCUT2D eigenvalue weighted by Crippen LogP contribution is 2.28. The zero-order chi connectivity index (χ0) is 19.5. The smallest absolute Gasteiger partial charge is 0.293 e. The molecule has 1 aliphatic rings. The molecular formula is C19H21N5O4. The number of ether oxygens (including phenoxy) is 2. The summed E-state index contributed by atoms with van der Waals surface area (Å²) in [5.74, 6) is 1.83. The van der Waals surface area contributed by atoms with Crippen molar-refractivity contribution in [1.82, 2.24) is 25.4 Å². The molecule has 28 heavy (non-hydrogen) atoms. The Morgan fingerprint density at radius 3 is 3.00 bits per heavy atom. The fraction of sp³-hybridized carbons (Fsp3) is 0.368. The SMILES string of the molecule is COCCc1noc(-c2nc3c([nH]2)CC(c2cccc(OC)c2)CNC3=O)n1. The van der Waals surface area contributed by atoms with Crippen molar-refractivity contribution in [2.75, 3.05) is 27.4 Å². The largest absolute Gasteiger partial charge is 0.497 e. The van der Waals surface area contributed by atoms with Crippen molar-refractivity contribution in [3.8, 4) is 17.5 Å². The van der Waals surface area contributed by atoms with E-state index in [1.807, 2.05) is 24.3 Å². The standard InChI is InChI=1S/C19H21N5O4/c1-26-7-6-15-22-19(28-24-15)17-21-14-9-12(10-20-18(25)16(14)23-17)11-4-3-5-13(8-11)27-2/h3-5,8,12H,6-7,9-10H2,1-2H3,(H,20,25)(H,21,23). The second kappa shape index (κ2) is 7.81. The van der Waals surface area contributed by atoms with Gasteiger partial charge in [0.15, 0.2) is 11.6 Å². The molecule has 0 radical (unpaired) electrons. The molecule has 9 heteroatoms. The van der Waals surface area contributed by atoms with Crippen LogP contribution in [0.15, 0.2) is 28.8 Å². The third-order valence-corrected chi connectivity index (χ3v) is 4.72. The van der Waals surface area contributed by atoms with E-state index in [1.54, 1.807) is 14.2 Å². The number of rotatable bonds is 6. The van der Waals surface area contributed by atoms with Gasteiger partial charge in [-0.1, -0.05) is 17.3 Å². The van der Waals surface area contributed by atoms with E-state index in [0.717, 1.165) is 17.0 Å². The van der Waals surface area contributed by atoms with E-state index in [-0.39, 0.29) is 17.7 Å². The Balaban J connectivity index is 1.61. The predicted molar refractivity (Wildman–Crippen MR) is 99.2 cm³/mol. The summed E-state index contributed by atoms with van der Waals surface area (Å²) < 4.78 is 15.6. The van der Waals surface area contributed by atoms with Crippen molar-refractivity contribution in [3.63, 3.8) is 0 Å². The normalized spacial score (nSPS) is 16.4. The van der Waals surface area contributed by atoms with Crippen molar-refractivity contribution in [2.45, 2.75) is 18.8 Å². The number of nitrogens with zero attached hydrogens (tertiary/aromatic N) is 3. The van der Waals surface area contributed by atoms with Crippen molar-refractivity contribution < 1.29 is 18.8 Å². The minimum atomic E-state index is -0.220. The van der Waals surface area contributed by atoms with Crippen LogP contribution in [0.3, 0.4) is 0 Å². The van der Waals surface area contributed by atoms with Crippen LogP contribution in [0.2, 0.25) is 0 Å². The molecular weight excluding hydrogens is 362 g/mol. The van der Waals surface area contributed by atoms with Crippen molar-refractivity contribution in [2.24, 2.45) is 0 Å². The first-order valence-corrected chi connectivity index (χ1v) is 9.01. The van der Waals surface area contributed by atoms with Crippen LogP contribution in [0.1, 0.15) is 33.5 Å². The van der Waals surface area contributed by atoms with E-state index in [0.29, 0.717) is 43.3 Å². The van der Waals surface area contributed by atoms with Crippen LogP contribution in [-0.4, -0.2) is 53.4 Å². The lowest BCUT2D eigenvalue weighted by Gasteiger charge is -2.15. The van der Waals surface area contributed by atoms with E-state index in [4.69, 9.17) is 14.0 Å². The topological polar surface area (TPSA) is 115 Å². The third kappa shape index (κ3) is 3.61. The number of carbonyl (C=O) groups excluding carboxylic acids is 1. The molecule has 0 spiro atoms. The highest BCUT2D eigenvalue weighted by atomic mass is 16.5. The summed E-state index contributed by atoms with van der Waals surface area (Å²) in [5, 5.41) is 6.85. The molecule has 0 fully saturated rings. The van der Waals surface area contributed by atoms with Crippen LogP contribution in [0.25, 0.3) is 11.7 Å². The van der Waals surface area contributed by atoms with Gasteiger partial charge < -0.3 is 24.3 Å². The summed E-state index contributed by atoms with van der Waals surface area (Å²) in [4.78, 5) is 24.4. The number of methoxy groups -OCH3 is 2. The minimum absolute atomic E-state index is 0.0912. The van der Waals surface area contributed by atoms with Crippen LogP contribution in [0, 0.1) is 0 Å². The van der Waals surface area contributed by atoms with Gasteiger partial charge in [0.05, 0.1) is 13.7 Å². The maximum absolute atomic E-state index is 12.5. The molecule has 1 unspecified atom stereocenters. The molecule has 0 bridgehead atoms. The zero-order valence-corrected chi connectivity index (χ0v) is 15.7. The quantitative estimate of drug-likeness (QED) is 0.666. The molecule has 2 N–H and O–H groups in total. The Morgan fingerprint density at radius 1 is 1.29 bits per heavy atom. The molecule has 146 valence electrons. The first kappa shape index (κ1) is 18.2. The summed E-state index contributed by atoms with van der Waals surface area (Å²) in [6.07, 6.45) is 1.16. The number of nitrogens with one attached hydrogen (secondary N) is 2. The number of benzene rings is 1. The third-order valence-electron chi connectivity index (χ3n) is 4.72. The first-order valence-electron chi connectivity index (χ1n) is 9.01. The molecule has 1 aromatic carbocycles. The minimum Gasteiger partial charge on any atom is -0.497 e. The summed E-state index contributed by atoms with van der Waals surface area (Å²) in [5.41, 5.74) is 2.19. The Kier molecular flexibility index (Phi) is 5.07. The van der Waals surface area contributed by atoms with E-state index < -0.39 is 0 Å². The van der Waals surface area contributed by atoms with Crippen LogP contribution in [0.4, 0.5) is 0 Å². The molecule has 9 nitrogen and oxygen atoms in total. The Bertz CT molecular complexity index is 980. The van der Waals surface area contributed by atoms with Gasteiger partial charge >= 0.3 is 0 Å². The van der Waals surface area contributed by atoms with Gasteiger partial charge in [-0.25, -0.2) is 4.98 Å². The summed E-state index contributed by atoms with van der Waals surface area (Å²) in [6.45, 7) is 1.02. The maximum atomic E-state index is 12.5. The molecule has 3 heterocycles. The lowest BCUT2D eigenvalue weighted by molar-refractivity contribution is 0.0950. The number of amides is 1. The van der Waals surface area contributed by atoms with Gasteiger partial charge in [-0.2, -0.15) is 4.98 Å². The number of H-pyrrole nitrogens is 1. The number of aromatic amines is 1. The number of carbonyl (C=O) groups is 1. The molecule has 1 amide bonds. The number of aromatic nitrogens is 4. The molecule has 0 saturated carbocycles. The van der Waals surface area contributed by atoms with Gasteiger partial charge in [0.1, 0.15) is 11.4 Å². The van der Waals surface area contributed by atoms with Gasteiger partial charge in [-0.05, 0) is 24.1 Å². The summed E-state index contributed by atoms with van der Waals surface area (Å²) >= 11 is 0. The van der Waals surface area contributed by atoms with Crippen molar-refractivity contribution in [3.05, 3.63) is 47.0 Å². The fourth-order valence-electron chi connectivity index (χ4n) is 3.24. The van der Waals surface area contributed by atoms with E-state index in [9.17, 15) is 4.79 Å². The van der Waals surface area contributed by atoms with Gasteiger partial charge in [-0.15, -0.1) is 0 Å². The highest BCUT2D eigenvalue weighted by Gasteiger charge is 2.28. The summed E-state index contributed by atoms with van der Waals surface area (Å²) in [7, 11) is 3.25. The molecule has 3 aromatic rings. The first-order chi connectivity index (χ1) is 13.7. The van der Waals surface area contributed by atoms with Crippen molar-refractivity contribution >= 4 is 5.91 Å². The second-order valence-electron chi connectivity index (χ2n) is 6.56. The highest BCUT2D eigenvalue weighted by molar-refractivity contribution is 5.94. The van der Waals surface area contributed by atoms with Gasteiger partial charge in [0, 0.05) is 31.7 Å². The molecule has 1 aliphatic heterocycles. The van der Waals surface area contributed by atoms with Crippen molar-refractivity contribution in [1.29, 1.82) is 0 Å². The Labute approximate surface area is 161 Å². The Morgan fingerprint density at radius 2 is 2.18 bits per heavy atom. The Hall–Kier alpha value is -3.20. The molecule has 4 rings (SSSR count). The van der Waals surface area contributed by atoms with E-state index >= 15 is 0 Å².